The number of sulfonamides is 1. The van der Waals surface area contributed by atoms with E-state index >= 15 is 0 Å². The molecule has 2 aromatic rings. The number of rotatable bonds is 10. The smallest absolute Gasteiger partial charge is 0.240 e. The van der Waals surface area contributed by atoms with Crippen molar-refractivity contribution in [2.24, 2.45) is 5.73 Å². The predicted molar refractivity (Wildman–Crippen MR) is 102 cm³/mol. The van der Waals surface area contributed by atoms with Crippen molar-refractivity contribution in [3.63, 3.8) is 0 Å². The molecule has 0 aromatic heterocycles. The molecule has 2 aromatic carbocycles. The van der Waals surface area contributed by atoms with Crippen LogP contribution in [0, 0.1) is 0 Å². The van der Waals surface area contributed by atoms with Crippen molar-refractivity contribution >= 4 is 15.9 Å². The van der Waals surface area contributed by atoms with Crippen LogP contribution in [-0.2, 0) is 21.2 Å². The van der Waals surface area contributed by atoms with E-state index in [1.807, 2.05) is 30.3 Å². The van der Waals surface area contributed by atoms with Gasteiger partial charge in [-0.2, -0.15) is 0 Å². The van der Waals surface area contributed by atoms with Crippen molar-refractivity contribution in [1.29, 1.82) is 0 Å². The summed E-state index contributed by atoms with van der Waals surface area (Å²) in [5, 5.41) is 0. The van der Waals surface area contributed by atoms with Gasteiger partial charge in [0.05, 0.1) is 4.90 Å². The molecule has 0 aliphatic heterocycles. The highest BCUT2D eigenvalue weighted by molar-refractivity contribution is 7.89. The number of nitrogens with two attached hydrogens (primary N) is 1. The third kappa shape index (κ3) is 6.25. The molecule has 6 nitrogen and oxygen atoms in total. The lowest BCUT2D eigenvalue weighted by Crippen LogP contribution is -2.38. The molecule has 0 fully saturated rings. The number of carbonyl (C=O) groups is 1. The van der Waals surface area contributed by atoms with E-state index in [1.54, 1.807) is 23.1 Å². The summed E-state index contributed by atoms with van der Waals surface area (Å²) >= 11 is 0. The van der Waals surface area contributed by atoms with Gasteiger partial charge in [0, 0.05) is 32.6 Å². The van der Waals surface area contributed by atoms with Gasteiger partial charge in [-0.05, 0) is 24.1 Å². The normalized spacial score (nSPS) is 11.3. The third-order valence-corrected chi connectivity index (χ3v) is 5.43. The summed E-state index contributed by atoms with van der Waals surface area (Å²) in [6, 6.07) is 18.0. The van der Waals surface area contributed by atoms with Crippen molar-refractivity contribution in [3.05, 3.63) is 66.2 Å². The molecule has 1 amide bonds. The van der Waals surface area contributed by atoms with Gasteiger partial charge in [0.2, 0.25) is 15.9 Å². The molecule has 3 N–H and O–H groups in total. The van der Waals surface area contributed by atoms with Gasteiger partial charge in [-0.1, -0.05) is 48.5 Å². The molecule has 7 heteroatoms. The second-order valence-electron chi connectivity index (χ2n) is 5.87. The maximum atomic E-state index is 12.4. The Balaban J connectivity index is 1.85. The van der Waals surface area contributed by atoms with Gasteiger partial charge in [0.1, 0.15) is 0 Å². The van der Waals surface area contributed by atoms with Gasteiger partial charge in [-0.3, -0.25) is 4.79 Å². The van der Waals surface area contributed by atoms with Crippen LogP contribution < -0.4 is 10.5 Å². The highest BCUT2D eigenvalue weighted by Crippen LogP contribution is 2.07. The number of benzene rings is 2. The fourth-order valence-corrected chi connectivity index (χ4v) is 3.61. The summed E-state index contributed by atoms with van der Waals surface area (Å²) in [7, 11) is -3.59. The zero-order chi connectivity index (χ0) is 18.8. The maximum Gasteiger partial charge on any atom is 0.240 e. The third-order valence-electron chi connectivity index (χ3n) is 3.95. The number of hydrogen-bond donors (Lipinski definition) is 2. The molecular formula is C19H25N3O3S. The zero-order valence-corrected chi connectivity index (χ0v) is 15.5. The van der Waals surface area contributed by atoms with E-state index in [-0.39, 0.29) is 23.8 Å². The maximum absolute atomic E-state index is 12.4. The number of carbonyl (C=O) groups excluding carboxylic acids is 1. The summed E-state index contributed by atoms with van der Waals surface area (Å²) < 4.78 is 26.8. The van der Waals surface area contributed by atoms with E-state index in [9.17, 15) is 13.2 Å². The average Bonchev–Trinajstić information content (AvgIpc) is 2.66. The SMILES string of the molecule is NCCN(CCc1ccccc1)C(=O)CCNS(=O)(=O)c1ccccc1. The van der Waals surface area contributed by atoms with E-state index < -0.39 is 10.0 Å². The van der Waals surface area contributed by atoms with Gasteiger partial charge in [0.25, 0.3) is 0 Å². The van der Waals surface area contributed by atoms with Crippen LogP contribution in [0.4, 0.5) is 0 Å². The summed E-state index contributed by atoms with van der Waals surface area (Å²) in [5.74, 6) is -0.109. The summed E-state index contributed by atoms with van der Waals surface area (Å²) in [4.78, 5) is 14.3. The van der Waals surface area contributed by atoms with Crippen LogP contribution in [0.15, 0.2) is 65.6 Å². The van der Waals surface area contributed by atoms with E-state index in [0.29, 0.717) is 19.6 Å². The van der Waals surface area contributed by atoms with Crippen LogP contribution in [0.5, 0.6) is 0 Å². The summed E-state index contributed by atoms with van der Waals surface area (Å²) in [5.41, 5.74) is 6.75. The zero-order valence-electron chi connectivity index (χ0n) is 14.7. The van der Waals surface area contributed by atoms with Crippen molar-refractivity contribution < 1.29 is 13.2 Å². The molecule has 0 saturated heterocycles. The summed E-state index contributed by atoms with van der Waals surface area (Å²) in [6.07, 6.45) is 0.836. The minimum absolute atomic E-state index is 0.0580. The fourth-order valence-electron chi connectivity index (χ4n) is 2.56. The average molecular weight is 375 g/mol. The molecule has 0 saturated carbocycles. The minimum atomic E-state index is -3.59. The van der Waals surface area contributed by atoms with Crippen molar-refractivity contribution in [3.8, 4) is 0 Å². The van der Waals surface area contributed by atoms with Gasteiger partial charge in [-0.25, -0.2) is 13.1 Å². The van der Waals surface area contributed by atoms with Crippen molar-refractivity contribution in [2.75, 3.05) is 26.2 Å². The minimum Gasteiger partial charge on any atom is -0.341 e. The first-order valence-corrected chi connectivity index (χ1v) is 10.1. The van der Waals surface area contributed by atoms with E-state index in [1.165, 1.54) is 12.1 Å². The molecule has 26 heavy (non-hydrogen) atoms. The first kappa shape index (κ1) is 20.1. The van der Waals surface area contributed by atoms with Crippen LogP contribution in [-0.4, -0.2) is 45.4 Å². The topological polar surface area (TPSA) is 92.5 Å². The molecule has 0 bridgehead atoms. The van der Waals surface area contributed by atoms with Crippen molar-refractivity contribution in [1.82, 2.24) is 9.62 Å². The van der Waals surface area contributed by atoms with Crippen LogP contribution in [0.3, 0.4) is 0 Å². The summed E-state index contributed by atoms with van der Waals surface area (Å²) in [6.45, 7) is 1.45. The number of amides is 1. The number of nitrogens with zero attached hydrogens (tertiary/aromatic N) is 1. The van der Waals surface area contributed by atoms with Crippen LogP contribution in [0.25, 0.3) is 0 Å². The lowest BCUT2D eigenvalue weighted by molar-refractivity contribution is -0.130. The lowest BCUT2D eigenvalue weighted by atomic mass is 10.1. The molecule has 0 spiro atoms. The number of hydrogen-bond acceptors (Lipinski definition) is 4. The van der Waals surface area contributed by atoms with Gasteiger partial charge in [0.15, 0.2) is 0 Å². The Morgan fingerprint density at radius 1 is 0.962 bits per heavy atom. The Hall–Kier alpha value is -2.22. The fraction of sp³-hybridized carbons (Fsp3) is 0.316. The predicted octanol–water partition coefficient (Wildman–Crippen LogP) is 1.38. The molecule has 0 aliphatic carbocycles. The van der Waals surface area contributed by atoms with E-state index in [4.69, 9.17) is 5.73 Å². The van der Waals surface area contributed by atoms with Crippen LogP contribution in [0.2, 0.25) is 0 Å². The molecule has 0 heterocycles. The second-order valence-corrected chi connectivity index (χ2v) is 7.63. The van der Waals surface area contributed by atoms with Gasteiger partial charge >= 0.3 is 0 Å². The Kier molecular flexibility index (Phi) is 7.77. The largest absolute Gasteiger partial charge is 0.341 e. The van der Waals surface area contributed by atoms with E-state index in [2.05, 4.69) is 4.72 Å². The number of nitrogens with one attached hydrogen (secondary N) is 1. The Morgan fingerprint density at radius 2 is 1.58 bits per heavy atom. The first-order valence-electron chi connectivity index (χ1n) is 8.59. The molecule has 140 valence electrons. The van der Waals surface area contributed by atoms with Gasteiger partial charge < -0.3 is 10.6 Å². The Bertz CT molecular complexity index is 780. The lowest BCUT2D eigenvalue weighted by Gasteiger charge is -2.22. The molecule has 0 atom stereocenters. The molecule has 2 rings (SSSR count). The highest BCUT2D eigenvalue weighted by atomic mass is 32.2. The van der Waals surface area contributed by atoms with Crippen LogP contribution in [0.1, 0.15) is 12.0 Å². The van der Waals surface area contributed by atoms with Crippen LogP contribution >= 0.6 is 0 Å². The molecular weight excluding hydrogens is 350 g/mol. The first-order chi connectivity index (χ1) is 12.5. The molecule has 0 radical (unpaired) electrons. The molecule has 0 unspecified atom stereocenters. The monoisotopic (exact) mass is 375 g/mol. The van der Waals surface area contributed by atoms with Crippen molar-refractivity contribution in [2.45, 2.75) is 17.7 Å². The molecule has 0 aliphatic rings. The van der Waals surface area contributed by atoms with E-state index in [0.717, 1.165) is 12.0 Å². The Labute approximate surface area is 155 Å². The Morgan fingerprint density at radius 3 is 2.19 bits per heavy atom. The standard InChI is InChI=1S/C19H25N3O3S/c20-13-16-22(15-12-17-7-3-1-4-8-17)19(23)11-14-21-26(24,25)18-9-5-2-6-10-18/h1-10,21H,11-16,20H2. The van der Waals surface area contributed by atoms with Gasteiger partial charge in [-0.15, -0.1) is 0 Å². The second kappa shape index (κ2) is 10.1. The quantitative estimate of drug-likeness (QED) is 0.656. The highest BCUT2D eigenvalue weighted by Gasteiger charge is 2.16.